The molecular formula is C15H19N3O3S. The molecular weight excluding hydrogens is 302 g/mol. The molecule has 0 aliphatic carbocycles. The number of nitrogens with zero attached hydrogens (tertiary/aromatic N) is 3. The Hall–Kier alpha value is -1.73. The van der Waals surface area contributed by atoms with Crippen LogP contribution >= 0.6 is 0 Å². The van der Waals surface area contributed by atoms with Crippen molar-refractivity contribution >= 4 is 10.0 Å². The smallest absolute Gasteiger partial charge is 0.248 e. The largest absolute Gasteiger partial charge is 0.420 e. The summed E-state index contributed by atoms with van der Waals surface area (Å²) in [6, 6.07) is 7.87. The molecule has 1 fully saturated rings. The number of benzene rings is 1. The van der Waals surface area contributed by atoms with Crippen LogP contribution in [0.2, 0.25) is 0 Å². The van der Waals surface area contributed by atoms with Gasteiger partial charge in [-0.05, 0) is 31.4 Å². The number of aromatic nitrogens is 2. The van der Waals surface area contributed by atoms with Gasteiger partial charge in [-0.15, -0.1) is 10.2 Å². The summed E-state index contributed by atoms with van der Waals surface area (Å²) in [5.41, 5.74) is 2.03. The molecule has 0 N–H and O–H groups in total. The van der Waals surface area contributed by atoms with Crippen LogP contribution in [0.4, 0.5) is 0 Å². The number of sulfonamides is 1. The van der Waals surface area contributed by atoms with E-state index < -0.39 is 10.0 Å². The highest BCUT2D eigenvalue weighted by Crippen LogP contribution is 2.30. The molecule has 22 heavy (non-hydrogen) atoms. The molecule has 1 saturated heterocycles. The van der Waals surface area contributed by atoms with Gasteiger partial charge in [0.05, 0.1) is 6.26 Å². The Morgan fingerprint density at radius 2 is 1.86 bits per heavy atom. The number of rotatable bonds is 3. The van der Waals surface area contributed by atoms with Gasteiger partial charge in [0.1, 0.15) is 0 Å². The molecule has 1 aromatic heterocycles. The Labute approximate surface area is 130 Å². The number of hydrogen-bond donors (Lipinski definition) is 0. The van der Waals surface area contributed by atoms with E-state index in [1.165, 1.54) is 10.6 Å². The lowest BCUT2D eigenvalue weighted by molar-refractivity contribution is 0.293. The van der Waals surface area contributed by atoms with Crippen LogP contribution in [-0.2, 0) is 10.0 Å². The van der Waals surface area contributed by atoms with Crippen molar-refractivity contribution in [3.8, 4) is 11.5 Å². The second-order valence-corrected chi connectivity index (χ2v) is 7.68. The van der Waals surface area contributed by atoms with Gasteiger partial charge in [0.15, 0.2) is 0 Å². The van der Waals surface area contributed by atoms with E-state index in [9.17, 15) is 8.42 Å². The van der Waals surface area contributed by atoms with Crippen molar-refractivity contribution < 1.29 is 12.8 Å². The predicted octanol–water partition coefficient (Wildman–Crippen LogP) is 2.18. The molecule has 3 rings (SSSR count). The molecule has 2 aromatic rings. The average Bonchev–Trinajstić information content (AvgIpc) is 2.96. The van der Waals surface area contributed by atoms with Gasteiger partial charge in [0.25, 0.3) is 0 Å². The predicted molar refractivity (Wildman–Crippen MR) is 82.9 cm³/mol. The van der Waals surface area contributed by atoms with Gasteiger partial charge in [-0.25, -0.2) is 12.7 Å². The maximum Gasteiger partial charge on any atom is 0.248 e. The van der Waals surface area contributed by atoms with E-state index in [0.717, 1.165) is 11.1 Å². The molecule has 1 aliphatic heterocycles. The minimum Gasteiger partial charge on any atom is -0.420 e. The van der Waals surface area contributed by atoms with Gasteiger partial charge in [0, 0.05) is 24.6 Å². The third kappa shape index (κ3) is 3.05. The second kappa shape index (κ2) is 5.81. The first kappa shape index (κ1) is 15.2. The molecule has 118 valence electrons. The summed E-state index contributed by atoms with van der Waals surface area (Å²) < 4.78 is 30.4. The first-order valence-corrected chi connectivity index (χ1v) is 9.14. The van der Waals surface area contributed by atoms with E-state index in [4.69, 9.17) is 4.42 Å². The third-order valence-electron chi connectivity index (χ3n) is 4.09. The summed E-state index contributed by atoms with van der Waals surface area (Å²) in [5, 5.41) is 8.30. The quantitative estimate of drug-likeness (QED) is 0.866. The van der Waals surface area contributed by atoms with E-state index >= 15 is 0 Å². The lowest BCUT2D eigenvalue weighted by Crippen LogP contribution is -2.37. The van der Waals surface area contributed by atoms with Crippen molar-refractivity contribution in [1.82, 2.24) is 14.5 Å². The molecule has 2 heterocycles. The maximum atomic E-state index is 11.5. The van der Waals surface area contributed by atoms with E-state index in [2.05, 4.69) is 10.2 Å². The molecule has 0 spiro atoms. The first-order chi connectivity index (χ1) is 10.4. The molecule has 1 aliphatic rings. The van der Waals surface area contributed by atoms with Crippen LogP contribution in [0.25, 0.3) is 11.5 Å². The van der Waals surface area contributed by atoms with Gasteiger partial charge in [-0.3, -0.25) is 0 Å². The lowest BCUT2D eigenvalue weighted by atomic mass is 9.98. The van der Waals surface area contributed by atoms with Gasteiger partial charge in [0.2, 0.25) is 21.8 Å². The van der Waals surface area contributed by atoms with Crippen LogP contribution in [0, 0.1) is 6.92 Å². The summed E-state index contributed by atoms with van der Waals surface area (Å²) in [5.74, 6) is 1.26. The summed E-state index contributed by atoms with van der Waals surface area (Å²) >= 11 is 0. The second-order valence-electron chi connectivity index (χ2n) is 5.70. The SMILES string of the molecule is Cc1ccccc1-c1nnc(C2CCN(S(C)(=O)=O)CC2)o1. The van der Waals surface area contributed by atoms with E-state index in [0.29, 0.717) is 37.7 Å². The molecule has 0 radical (unpaired) electrons. The third-order valence-corrected chi connectivity index (χ3v) is 5.39. The maximum absolute atomic E-state index is 11.5. The molecule has 0 atom stereocenters. The molecule has 0 unspecified atom stereocenters. The Morgan fingerprint density at radius 3 is 2.50 bits per heavy atom. The Bertz CT molecular complexity index is 762. The van der Waals surface area contributed by atoms with Crippen molar-refractivity contribution in [2.75, 3.05) is 19.3 Å². The lowest BCUT2D eigenvalue weighted by Gasteiger charge is -2.28. The molecule has 0 bridgehead atoms. The van der Waals surface area contributed by atoms with Crippen molar-refractivity contribution in [2.45, 2.75) is 25.7 Å². The fourth-order valence-corrected chi connectivity index (χ4v) is 3.63. The van der Waals surface area contributed by atoms with Crippen LogP contribution in [0.15, 0.2) is 28.7 Å². The first-order valence-electron chi connectivity index (χ1n) is 7.29. The van der Waals surface area contributed by atoms with Crippen LogP contribution < -0.4 is 0 Å². The molecule has 0 saturated carbocycles. The summed E-state index contributed by atoms with van der Waals surface area (Å²) in [6.45, 7) is 3.01. The number of hydrogen-bond acceptors (Lipinski definition) is 5. The molecule has 6 nitrogen and oxygen atoms in total. The van der Waals surface area contributed by atoms with Crippen LogP contribution in [0.3, 0.4) is 0 Å². The van der Waals surface area contributed by atoms with Crippen molar-refractivity contribution in [1.29, 1.82) is 0 Å². The van der Waals surface area contributed by atoms with Gasteiger partial charge >= 0.3 is 0 Å². The normalized spacial score (nSPS) is 17.7. The highest BCUT2D eigenvalue weighted by atomic mass is 32.2. The molecule has 1 aromatic carbocycles. The minimum atomic E-state index is -3.11. The fourth-order valence-electron chi connectivity index (χ4n) is 2.76. The van der Waals surface area contributed by atoms with Crippen LogP contribution in [0.1, 0.15) is 30.2 Å². The number of aryl methyl sites for hydroxylation is 1. The molecule has 0 amide bonds. The summed E-state index contributed by atoms with van der Waals surface area (Å²) in [7, 11) is -3.11. The van der Waals surface area contributed by atoms with Gasteiger partial charge in [-0.2, -0.15) is 0 Å². The van der Waals surface area contributed by atoms with E-state index in [1.54, 1.807) is 0 Å². The monoisotopic (exact) mass is 321 g/mol. The Morgan fingerprint density at radius 1 is 1.18 bits per heavy atom. The summed E-state index contributed by atoms with van der Waals surface area (Å²) in [6.07, 6.45) is 2.67. The van der Waals surface area contributed by atoms with Crippen LogP contribution in [0.5, 0.6) is 0 Å². The topological polar surface area (TPSA) is 76.3 Å². The van der Waals surface area contributed by atoms with Crippen LogP contribution in [-0.4, -0.2) is 42.3 Å². The zero-order valence-corrected chi connectivity index (χ0v) is 13.5. The standard InChI is InChI=1S/C15H19N3O3S/c1-11-5-3-4-6-13(11)15-17-16-14(21-15)12-7-9-18(10-8-12)22(2,19)20/h3-6,12H,7-10H2,1-2H3. The highest BCUT2D eigenvalue weighted by molar-refractivity contribution is 7.88. The number of piperidine rings is 1. The zero-order valence-electron chi connectivity index (χ0n) is 12.7. The van der Waals surface area contributed by atoms with Gasteiger partial charge < -0.3 is 4.42 Å². The molecule has 7 heteroatoms. The minimum absolute atomic E-state index is 0.128. The van der Waals surface area contributed by atoms with Gasteiger partial charge in [-0.1, -0.05) is 18.2 Å². The van der Waals surface area contributed by atoms with E-state index in [-0.39, 0.29) is 5.92 Å². The average molecular weight is 321 g/mol. The highest BCUT2D eigenvalue weighted by Gasteiger charge is 2.29. The summed E-state index contributed by atoms with van der Waals surface area (Å²) in [4.78, 5) is 0. The fraction of sp³-hybridized carbons (Fsp3) is 0.467. The van der Waals surface area contributed by atoms with E-state index in [1.807, 2.05) is 31.2 Å². The zero-order chi connectivity index (χ0) is 15.7. The van der Waals surface area contributed by atoms with Crippen molar-refractivity contribution in [3.63, 3.8) is 0 Å². The Kier molecular flexibility index (Phi) is 4.01. The van der Waals surface area contributed by atoms with Crippen molar-refractivity contribution in [3.05, 3.63) is 35.7 Å². The van der Waals surface area contributed by atoms with Crippen molar-refractivity contribution in [2.24, 2.45) is 0 Å². The Balaban J connectivity index is 1.75.